The highest BCUT2D eigenvalue weighted by Gasteiger charge is 2.32. The van der Waals surface area contributed by atoms with Gasteiger partial charge in [0, 0.05) is 6.54 Å². The van der Waals surface area contributed by atoms with Gasteiger partial charge in [0.2, 0.25) is 5.91 Å². The number of anilines is 1. The SMILES string of the molecule is CC1Oc2ccccc2N(CC(=O)NCC(c2cccc(F)c2)N(C)C)C1=O. The lowest BCUT2D eigenvalue weighted by Gasteiger charge is -2.32. The monoisotopic (exact) mass is 385 g/mol. The Kier molecular flexibility index (Phi) is 5.94. The van der Waals surface area contributed by atoms with Crippen molar-refractivity contribution < 1.29 is 18.7 Å². The van der Waals surface area contributed by atoms with E-state index in [-0.39, 0.29) is 30.2 Å². The second-order valence-electron chi connectivity index (χ2n) is 6.99. The van der Waals surface area contributed by atoms with Crippen LogP contribution in [0.5, 0.6) is 5.75 Å². The van der Waals surface area contributed by atoms with Crippen LogP contribution in [0.2, 0.25) is 0 Å². The van der Waals surface area contributed by atoms with Gasteiger partial charge in [-0.2, -0.15) is 0 Å². The van der Waals surface area contributed by atoms with Crippen molar-refractivity contribution in [3.05, 3.63) is 59.9 Å². The van der Waals surface area contributed by atoms with E-state index in [2.05, 4.69) is 5.32 Å². The highest BCUT2D eigenvalue weighted by Crippen LogP contribution is 2.33. The number of halogens is 1. The molecule has 1 N–H and O–H groups in total. The second-order valence-corrected chi connectivity index (χ2v) is 6.99. The van der Waals surface area contributed by atoms with Crippen molar-refractivity contribution in [3.63, 3.8) is 0 Å². The van der Waals surface area contributed by atoms with E-state index in [9.17, 15) is 14.0 Å². The Balaban J connectivity index is 1.69. The predicted octanol–water partition coefficient (Wildman–Crippen LogP) is 2.36. The van der Waals surface area contributed by atoms with Gasteiger partial charge in [-0.3, -0.25) is 14.5 Å². The van der Waals surface area contributed by atoms with Crippen molar-refractivity contribution >= 4 is 17.5 Å². The van der Waals surface area contributed by atoms with Crippen molar-refractivity contribution in [2.45, 2.75) is 19.1 Å². The Bertz CT molecular complexity index is 871. The second kappa shape index (κ2) is 8.39. The Morgan fingerprint density at radius 2 is 2.00 bits per heavy atom. The number of likely N-dealkylation sites (N-methyl/N-ethyl adjacent to an activating group) is 1. The van der Waals surface area contributed by atoms with E-state index >= 15 is 0 Å². The van der Waals surface area contributed by atoms with Gasteiger partial charge in [-0.05, 0) is 50.8 Å². The lowest BCUT2D eigenvalue weighted by atomic mass is 10.1. The maximum Gasteiger partial charge on any atom is 0.268 e. The van der Waals surface area contributed by atoms with Crippen LogP contribution in [0, 0.1) is 5.82 Å². The summed E-state index contributed by atoms with van der Waals surface area (Å²) in [6, 6.07) is 13.3. The zero-order chi connectivity index (χ0) is 20.3. The molecule has 0 aromatic heterocycles. The summed E-state index contributed by atoms with van der Waals surface area (Å²) in [5, 5.41) is 2.86. The van der Waals surface area contributed by atoms with Gasteiger partial charge < -0.3 is 15.0 Å². The summed E-state index contributed by atoms with van der Waals surface area (Å²) < 4.78 is 19.1. The number of hydrogen-bond donors (Lipinski definition) is 1. The van der Waals surface area contributed by atoms with Crippen LogP contribution in [0.25, 0.3) is 0 Å². The molecule has 2 aromatic rings. The van der Waals surface area contributed by atoms with Crippen LogP contribution in [0.3, 0.4) is 0 Å². The number of rotatable bonds is 6. The lowest BCUT2D eigenvalue weighted by Crippen LogP contribution is -2.49. The first-order chi connectivity index (χ1) is 13.4. The minimum atomic E-state index is -0.649. The number of benzene rings is 2. The molecule has 1 aliphatic rings. The summed E-state index contributed by atoms with van der Waals surface area (Å²) in [5.41, 5.74) is 1.35. The molecule has 0 bridgehead atoms. The third-order valence-corrected chi connectivity index (χ3v) is 4.72. The molecule has 2 aromatic carbocycles. The average molecular weight is 385 g/mol. The molecule has 0 saturated carbocycles. The van der Waals surface area contributed by atoms with Crippen molar-refractivity contribution in [2.24, 2.45) is 0 Å². The fourth-order valence-electron chi connectivity index (χ4n) is 3.24. The van der Waals surface area contributed by atoms with Crippen LogP contribution >= 0.6 is 0 Å². The Morgan fingerprint density at radius 3 is 2.71 bits per heavy atom. The van der Waals surface area contributed by atoms with Crippen LogP contribution in [0.4, 0.5) is 10.1 Å². The van der Waals surface area contributed by atoms with E-state index in [0.29, 0.717) is 18.0 Å². The normalized spacial score (nSPS) is 17.1. The Labute approximate surface area is 163 Å². The van der Waals surface area contributed by atoms with Gasteiger partial charge in [-0.1, -0.05) is 24.3 Å². The predicted molar refractivity (Wildman–Crippen MR) is 105 cm³/mol. The standard InChI is InChI=1S/C21H24FN3O3/c1-14-21(27)25(17-9-4-5-10-19(17)28-14)13-20(26)23-12-18(24(2)3)15-7-6-8-16(22)11-15/h4-11,14,18H,12-13H2,1-3H3,(H,23,26). The summed E-state index contributed by atoms with van der Waals surface area (Å²) >= 11 is 0. The van der Waals surface area contributed by atoms with Gasteiger partial charge in [0.15, 0.2) is 6.10 Å². The molecule has 2 unspecified atom stereocenters. The molecule has 148 valence electrons. The summed E-state index contributed by atoms with van der Waals surface area (Å²) in [4.78, 5) is 28.4. The van der Waals surface area contributed by atoms with Gasteiger partial charge in [-0.25, -0.2) is 4.39 Å². The first kappa shape index (κ1) is 19.8. The van der Waals surface area contributed by atoms with E-state index in [1.807, 2.05) is 31.1 Å². The molecular weight excluding hydrogens is 361 g/mol. The molecule has 0 spiro atoms. The fraction of sp³-hybridized carbons (Fsp3) is 0.333. The molecule has 3 rings (SSSR count). The Morgan fingerprint density at radius 1 is 1.25 bits per heavy atom. The molecule has 0 radical (unpaired) electrons. The minimum absolute atomic E-state index is 0.104. The number of fused-ring (bicyclic) bond motifs is 1. The maximum absolute atomic E-state index is 13.6. The van der Waals surface area contributed by atoms with Crippen molar-refractivity contribution in [1.29, 1.82) is 0 Å². The van der Waals surface area contributed by atoms with E-state index in [0.717, 1.165) is 5.56 Å². The summed E-state index contributed by atoms with van der Waals surface area (Å²) in [6.45, 7) is 1.85. The first-order valence-electron chi connectivity index (χ1n) is 9.12. The molecule has 0 saturated heterocycles. The number of carbonyl (C=O) groups is 2. The molecule has 2 amide bonds. The van der Waals surface area contributed by atoms with Crippen LogP contribution in [-0.2, 0) is 9.59 Å². The Hall–Kier alpha value is -2.93. The molecule has 0 fully saturated rings. The zero-order valence-corrected chi connectivity index (χ0v) is 16.2. The number of nitrogens with zero attached hydrogens (tertiary/aromatic N) is 2. The average Bonchev–Trinajstić information content (AvgIpc) is 2.65. The summed E-state index contributed by atoms with van der Waals surface area (Å²) in [5.74, 6) is -0.294. The van der Waals surface area contributed by atoms with Gasteiger partial charge in [0.05, 0.1) is 11.7 Å². The fourth-order valence-corrected chi connectivity index (χ4v) is 3.24. The number of amides is 2. The largest absolute Gasteiger partial charge is 0.479 e. The van der Waals surface area contributed by atoms with E-state index < -0.39 is 6.10 Å². The van der Waals surface area contributed by atoms with E-state index in [1.54, 1.807) is 31.2 Å². The molecule has 7 heteroatoms. The summed E-state index contributed by atoms with van der Waals surface area (Å²) in [7, 11) is 3.73. The summed E-state index contributed by atoms with van der Waals surface area (Å²) in [6.07, 6.45) is -0.649. The van der Waals surface area contributed by atoms with Crippen LogP contribution in [0.1, 0.15) is 18.5 Å². The van der Waals surface area contributed by atoms with Gasteiger partial charge in [0.25, 0.3) is 5.91 Å². The molecule has 2 atom stereocenters. The van der Waals surface area contributed by atoms with Crippen molar-refractivity contribution in [1.82, 2.24) is 10.2 Å². The van der Waals surface area contributed by atoms with Gasteiger partial charge in [0.1, 0.15) is 18.1 Å². The molecule has 0 aliphatic carbocycles. The molecule has 6 nitrogen and oxygen atoms in total. The lowest BCUT2D eigenvalue weighted by molar-refractivity contribution is -0.128. The third-order valence-electron chi connectivity index (χ3n) is 4.72. The topological polar surface area (TPSA) is 61.9 Å². The molecule has 28 heavy (non-hydrogen) atoms. The smallest absolute Gasteiger partial charge is 0.268 e. The zero-order valence-electron chi connectivity index (χ0n) is 16.2. The van der Waals surface area contributed by atoms with Gasteiger partial charge >= 0.3 is 0 Å². The quantitative estimate of drug-likeness (QED) is 0.829. The van der Waals surface area contributed by atoms with E-state index in [1.165, 1.54) is 17.0 Å². The number of hydrogen-bond acceptors (Lipinski definition) is 4. The van der Waals surface area contributed by atoms with Crippen LogP contribution in [0.15, 0.2) is 48.5 Å². The number of carbonyl (C=O) groups excluding carboxylic acids is 2. The number of nitrogens with one attached hydrogen (secondary N) is 1. The van der Waals surface area contributed by atoms with Crippen LogP contribution < -0.4 is 15.0 Å². The van der Waals surface area contributed by atoms with Crippen molar-refractivity contribution in [2.75, 3.05) is 32.1 Å². The van der Waals surface area contributed by atoms with Crippen LogP contribution in [-0.4, -0.2) is 50.0 Å². The number of ether oxygens (including phenoxy) is 1. The first-order valence-corrected chi connectivity index (χ1v) is 9.12. The molecular formula is C21H24FN3O3. The van der Waals surface area contributed by atoms with E-state index in [4.69, 9.17) is 4.74 Å². The molecule has 1 heterocycles. The maximum atomic E-state index is 13.6. The minimum Gasteiger partial charge on any atom is -0.479 e. The molecule has 1 aliphatic heterocycles. The van der Waals surface area contributed by atoms with Crippen molar-refractivity contribution in [3.8, 4) is 5.75 Å². The highest BCUT2D eigenvalue weighted by molar-refractivity contribution is 6.03. The highest BCUT2D eigenvalue weighted by atomic mass is 19.1. The van der Waals surface area contributed by atoms with Gasteiger partial charge in [-0.15, -0.1) is 0 Å². The number of para-hydroxylation sites is 2. The third kappa shape index (κ3) is 4.31.